The summed E-state index contributed by atoms with van der Waals surface area (Å²) in [6.07, 6.45) is 4.17. The smallest absolute Gasteiger partial charge is 0.0153 e. The molecule has 2 heteroatoms. The maximum atomic E-state index is 3.72. The SMILES string of the molecule is CC(CNC1(C)CCC1)C1CNC1. The fourth-order valence-corrected chi connectivity index (χ4v) is 2.17. The number of hydrogen-bond donors (Lipinski definition) is 2. The first-order valence-electron chi connectivity index (χ1n) is 5.65. The Hall–Kier alpha value is -0.0800. The van der Waals surface area contributed by atoms with Gasteiger partial charge in [0.15, 0.2) is 0 Å². The molecule has 0 amide bonds. The molecule has 1 atom stereocenters. The molecule has 1 saturated carbocycles. The molecule has 0 bridgehead atoms. The fourth-order valence-electron chi connectivity index (χ4n) is 2.17. The molecule has 2 aliphatic rings. The second-order valence-electron chi connectivity index (χ2n) is 5.19. The summed E-state index contributed by atoms with van der Waals surface area (Å²) in [5.74, 6) is 1.77. The first-order chi connectivity index (χ1) is 6.20. The van der Waals surface area contributed by atoms with Gasteiger partial charge in [-0.25, -0.2) is 0 Å². The lowest BCUT2D eigenvalue weighted by Gasteiger charge is -2.42. The lowest BCUT2D eigenvalue weighted by molar-refractivity contribution is 0.171. The molecule has 13 heavy (non-hydrogen) atoms. The number of hydrogen-bond acceptors (Lipinski definition) is 2. The third-order valence-corrected chi connectivity index (χ3v) is 3.93. The van der Waals surface area contributed by atoms with Crippen molar-refractivity contribution in [2.24, 2.45) is 11.8 Å². The largest absolute Gasteiger partial charge is 0.316 e. The first kappa shape index (κ1) is 9.47. The van der Waals surface area contributed by atoms with Crippen molar-refractivity contribution in [1.29, 1.82) is 0 Å². The summed E-state index contributed by atoms with van der Waals surface area (Å²) in [5, 5.41) is 7.06. The van der Waals surface area contributed by atoms with Crippen LogP contribution < -0.4 is 10.6 Å². The van der Waals surface area contributed by atoms with Gasteiger partial charge in [-0.2, -0.15) is 0 Å². The van der Waals surface area contributed by atoms with E-state index in [0.29, 0.717) is 5.54 Å². The zero-order valence-corrected chi connectivity index (χ0v) is 8.90. The average Bonchev–Trinajstić information content (AvgIpc) is 1.94. The van der Waals surface area contributed by atoms with Gasteiger partial charge in [0.2, 0.25) is 0 Å². The molecular weight excluding hydrogens is 160 g/mol. The van der Waals surface area contributed by atoms with Crippen molar-refractivity contribution in [2.45, 2.75) is 38.6 Å². The highest BCUT2D eigenvalue weighted by Crippen LogP contribution is 2.31. The van der Waals surface area contributed by atoms with E-state index >= 15 is 0 Å². The predicted molar refractivity (Wildman–Crippen MR) is 55.8 cm³/mol. The predicted octanol–water partition coefficient (Wildman–Crippen LogP) is 1.37. The molecule has 2 rings (SSSR count). The Balaban J connectivity index is 1.66. The van der Waals surface area contributed by atoms with E-state index in [9.17, 15) is 0 Å². The van der Waals surface area contributed by atoms with Gasteiger partial charge in [-0.15, -0.1) is 0 Å². The lowest BCUT2D eigenvalue weighted by atomic mass is 9.78. The van der Waals surface area contributed by atoms with Crippen molar-refractivity contribution in [1.82, 2.24) is 10.6 Å². The summed E-state index contributed by atoms with van der Waals surface area (Å²) in [4.78, 5) is 0. The molecule has 0 aromatic carbocycles. The molecule has 0 aromatic rings. The minimum absolute atomic E-state index is 0.492. The molecule has 1 saturated heterocycles. The maximum Gasteiger partial charge on any atom is 0.0153 e. The van der Waals surface area contributed by atoms with Crippen molar-refractivity contribution < 1.29 is 0 Å². The molecule has 0 radical (unpaired) electrons. The van der Waals surface area contributed by atoms with E-state index < -0.39 is 0 Å². The van der Waals surface area contributed by atoms with Gasteiger partial charge in [-0.1, -0.05) is 6.92 Å². The molecule has 2 nitrogen and oxygen atoms in total. The quantitative estimate of drug-likeness (QED) is 0.686. The van der Waals surface area contributed by atoms with Gasteiger partial charge in [0.05, 0.1) is 0 Å². The van der Waals surface area contributed by atoms with Crippen LogP contribution in [0, 0.1) is 11.8 Å². The molecule has 0 spiro atoms. The van der Waals surface area contributed by atoms with Crippen LogP contribution in [-0.4, -0.2) is 25.2 Å². The Labute approximate surface area is 81.5 Å². The zero-order chi connectivity index (χ0) is 9.31. The van der Waals surface area contributed by atoms with Crippen LogP contribution in [-0.2, 0) is 0 Å². The maximum absolute atomic E-state index is 3.72. The molecule has 2 N–H and O–H groups in total. The summed E-state index contributed by atoms with van der Waals surface area (Å²) in [7, 11) is 0. The van der Waals surface area contributed by atoms with Gasteiger partial charge in [0.25, 0.3) is 0 Å². The van der Waals surface area contributed by atoms with Crippen LogP contribution in [0.15, 0.2) is 0 Å². The van der Waals surface area contributed by atoms with Crippen LogP contribution in [0.25, 0.3) is 0 Å². The zero-order valence-electron chi connectivity index (χ0n) is 8.90. The molecular formula is C11H22N2. The number of nitrogens with one attached hydrogen (secondary N) is 2. The minimum Gasteiger partial charge on any atom is -0.316 e. The van der Waals surface area contributed by atoms with Crippen molar-refractivity contribution in [2.75, 3.05) is 19.6 Å². The van der Waals surface area contributed by atoms with E-state index in [4.69, 9.17) is 0 Å². The minimum atomic E-state index is 0.492. The van der Waals surface area contributed by atoms with Crippen molar-refractivity contribution >= 4 is 0 Å². The van der Waals surface area contributed by atoms with E-state index in [1.54, 1.807) is 0 Å². The van der Waals surface area contributed by atoms with Crippen LogP contribution >= 0.6 is 0 Å². The summed E-state index contributed by atoms with van der Waals surface area (Å²) >= 11 is 0. The Kier molecular flexibility index (Phi) is 2.61. The topological polar surface area (TPSA) is 24.1 Å². The highest BCUT2D eigenvalue weighted by atomic mass is 15.0. The molecule has 1 aliphatic heterocycles. The highest BCUT2D eigenvalue weighted by Gasteiger charge is 2.32. The van der Waals surface area contributed by atoms with Crippen LogP contribution in [0.2, 0.25) is 0 Å². The van der Waals surface area contributed by atoms with Crippen molar-refractivity contribution in [3.63, 3.8) is 0 Å². The summed E-state index contributed by atoms with van der Waals surface area (Å²) < 4.78 is 0. The first-order valence-corrected chi connectivity index (χ1v) is 5.65. The molecule has 1 aliphatic carbocycles. The second kappa shape index (κ2) is 3.58. The third kappa shape index (κ3) is 2.05. The van der Waals surface area contributed by atoms with Gasteiger partial charge in [-0.05, 0) is 57.7 Å². The Morgan fingerprint density at radius 1 is 1.46 bits per heavy atom. The van der Waals surface area contributed by atoms with E-state index in [1.807, 2.05) is 0 Å². The van der Waals surface area contributed by atoms with E-state index in [2.05, 4.69) is 24.5 Å². The van der Waals surface area contributed by atoms with Crippen LogP contribution in [0.1, 0.15) is 33.1 Å². The summed E-state index contributed by atoms with van der Waals surface area (Å²) in [6.45, 7) is 8.42. The van der Waals surface area contributed by atoms with Gasteiger partial charge in [0.1, 0.15) is 0 Å². The molecule has 1 heterocycles. The standard InChI is InChI=1S/C11H22N2/c1-9(10-7-12-8-10)6-13-11(2)4-3-5-11/h9-10,12-13H,3-8H2,1-2H3. The van der Waals surface area contributed by atoms with Crippen LogP contribution in [0.5, 0.6) is 0 Å². The summed E-state index contributed by atoms with van der Waals surface area (Å²) in [6, 6.07) is 0. The highest BCUT2D eigenvalue weighted by molar-refractivity contribution is 4.92. The van der Waals surface area contributed by atoms with Crippen molar-refractivity contribution in [3.05, 3.63) is 0 Å². The van der Waals surface area contributed by atoms with Crippen LogP contribution in [0.4, 0.5) is 0 Å². The average molecular weight is 182 g/mol. The van der Waals surface area contributed by atoms with Gasteiger partial charge in [0, 0.05) is 5.54 Å². The lowest BCUT2D eigenvalue weighted by Crippen LogP contribution is -2.53. The summed E-state index contributed by atoms with van der Waals surface area (Å²) in [5.41, 5.74) is 0.492. The Morgan fingerprint density at radius 2 is 2.15 bits per heavy atom. The Bertz CT molecular complexity index is 171. The monoisotopic (exact) mass is 182 g/mol. The van der Waals surface area contributed by atoms with Gasteiger partial charge < -0.3 is 10.6 Å². The third-order valence-electron chi connectivity index (χ3n) is 3.93. The fraction of sp³-hybridized carbons (Fsp3) is 1.00. The van der Waals surface area contributed by atoms with E-state index in [-0.39, 0.29) is 0 Å². The van der Waals surface area contributed by atoms with Crippen LogP contribution in [0.3, 0.4) is 0 Å². The van der Waals surface area contributed by atoms with Crippen molar-refractivity contribution in [3.8, 4) is 0 Å². The van der Waals surface area contributed by atoms with Gasteiger partial charge >= 0.3 is 0 Å². The Morgan fingerprint density at radius 3 is 2.54 bits per heavy atom. The van der Waals surface area contributed by atoms with E-state index in [1.165, 1.54) is 38.9 Å². The number of rotatable bonds is 4. The molecule has 1 unspecified atom stereocenters. The van der Waals surface area contributed by atoms with E-state index in [0.717, 1.165) is 11.8 Å². The molecule has 2 fully saturated rings. The molecule has 0 aromatic heterocycles. The normalized spacial score (nSPS) is 29.1. The second-order valence-corrected chi connectivity index (χ2v) is 5.19. The van der Waals surface area contributed by atoms with Gasteiger partial charge in [-0.3, -0.25) is 0 Å². The molecule has 76 valence electrons.